The molecular weight excluding hydrogens is 320 g/mol. The molecule has 0 aliphatic heterocycles. The number of carbonyl (C=O) groups excluding carboxylic acids is 1. The van der Waals surface area contributed by atoms with Crippen molar-refractivity contribution in [1.29, 1.82) is 0 Å². The summed E-state index contributed by atoms with van der Waals surface area (Å²) in [4.78, 5) is 27.1. The smallest absolute Gasteiger partial charge is 0.306 e. The molecule has 1 fully saturated rings. The summed E-state index contributed by atoms with van der Waals surface area (Å²) in [7, 11) is 0. The molecule has 1 heterocycles. The predicted molar refractivity (Wildman–Crippen MR) is 90.5 cm³/mol. The Kier molecular flexibility index (Phi) is 5.42. The molecule has 0 unspecified atom stereocenters. The van der Waals surface area contributed by atoms with E-state index in [4.69, 9.17) is 5.11 Å². The van der Waals surface area contributed by atoms with E-state index in [2.05, 4.69) is 15.4 Å². The molecule has 7 heteroatoms. The number of nitrogens with one attached hydrogen (secondary N) is 1. The largest absolute Gasteiger partial charge is 0.481 e. The first kappa shape index (κ1) is 17.1. The van der Waals surface area contributed by atoms with Gasteiger partial charge in [-0.25, -0.2) is 9.67 Å². The summed E-state index contributed by atoms with van der Waals surface area (Å²) in [6, 6.07) is 8.02. The Morgan fingerprint density at radius 1 is 1.08 bits per heavy atom. The topological polar surface area (TPSA) is 97.1 Å². The summed E-state index contributed by atoms with van der Waals surface area (Å²) in [6.45, 7) is 1.15. The van der Waals surface area contributed by atoms with Gasteiger partial charge < -0.3 is 10.4 Å². The van der Waals surface area contributed by atoms with Crippen molar-refractivity contribution in [2.24, 2.45) is 11.8 Å². The number of rotatable bonds is 6. The molecule has 1 amide bonds. The number of carboxylic acid groups (broad SMARTS) is 1. The van der Waals surface area contributed by atoms with Crippen LogP contribution in [0, 0.1) is 11.8 Å². The molecule has 1 aromatic heterocycles. The van der Waals surface area contributed by atoms with E-state index in [1.807, 2.05) is 24.3 Å². The first-order valence-corrected chi connectivity index (χ1v) is 8.52. The standard InChI is InChI=1S/C18H22N4O3/c23-17(15-5-7-16(8-6-15)18(24)25)20-9-13-1-3-14(4-2-13)10-22-12-19-11-21-22/h1-4,11-12,15-16H,5-10H2,(H,20,23)(H,24,25). The first-order chi connectivity index (χ1) is 12.1. The van der Waals surface area contributed by atoms with E-state index in [1.54, 1.807) is 11.0 Å². The highest BCUT2D eigenvalue weighted by atomic mass is 16.4. The zero-order chi connectivity index (χ0) is 17.6. The minimum absolute atomic E-state index is 0.0236. The van der Waals surface area contributed by atoms with Crippen molar-refractivity contribution >= 4 is 11.9 Å². The highest BCUT2D eigenvalue weighted by molar-refractivity contribution is 5.79. The monoisotopic (exact) mass is 342 g/mol. The molecule has 1 aliphatic rings. The maximum absolute atomic E-state index is 12.2. The van der Waals surface area contributed by atoms with Crippen LogP contribution in [0.25, 0.3) is 0 Å². The molecule has 1 saturated carbocycles. The number of aromatic nitrogens is 3. The van der Waals surface area contributed by atoms with E-state index < -0.39 is 5.97 Å². The lowest BCUT2D eigenvalue weighted by Gasteiger charge is -2.25. The van der Waals surface area contributed by atoms with E-state index in [9.17, 15) is 9.59 Å². The van der Waals surface area contributed by atoms with Gasteiger partial charge in [0.15, 0.2) is 0 Å². The van der Waals surface area contributed by atoms with Gasteiger partial charge in [0.25, 0.3) is 0 Å². The molecule has 2 aromatic rings. The Hall–Kier alpha value is -2.70. The Morgan fingerprint density at radius 2 is 1.72 bits per heavy atom. The Bertz CT molecular complexity index is 704. The van der Waals surface area contributed by atoms with Crippen LogP contribution in [0.2, 0.25) is 0 Å². The minimum Gasteiger partial charge on any atom is -0.481 e. The third-order valence-corrected chi connectivity index (χ3v) is 4.75. The second-order valence-corrected chi connectivity index (χ2v) is 6.51. The number of aliphatic carboxylic acids is 1. The van der Waals surface area contributed by atoms with Crippen molar-refractivity contribution in [3.63, 3.8) is 0 Å². The molecule has 1 aromatic carbocycles. The van der Waals surface area contributed by atoms with Gasteiger partial charge in [-0.15, -0.1) is 0 Å². The van der Waals surface area contributed by atoms with Crippen LogP contribution in [-0.4, -0.2) is 31.7 Å². The molecule has 0 radical (unpaired) electrons. The lowest BCUT2D eigenvalue weighted by molar-refractivity contribution is -0.144. The third-order valence-electron chi connectivity index (χ3n) is 4.75. The number of hydrogen-bond donors (Lipinski definition) is 2. The highest BCUT2D eigenvalue weighted by Crippen LogP contribution is 2.29. The maximum Gasteiger partial charge on any atom is 0.306 e. The number of nitrogens with zero attached hydrogens (tertiary/aromatic N) is 3. The fraction of sp³-hybridized carbons (Fsp3) is 0.444. The van der Waals surface area contributed by atoms with Gasteiger partial charge in [0.1, 0.15) is 12.7 Å². The minimum atomic E-state index is -0.746. The number of amides is 1. The number of carboxylic acids is 1. The van der Waals surface area contributed by atoms with Gasteiger partial charge in [-0.05, 0) is 36.8 Å². The van der Waals surface area contributed by atoms with Crippen LogP contribution in [0.1, 0.15) is 36.8 Å². The van der Waals surface area contributed by atoms with Gasteiger partial charge in [0.2, 0.25) is 5.91 Å². The second kappa shape index (κ2) is 7.92. The molecule has 1 aliphatic carbocycles. The number of hydrogen-bond acceptors (Lipinski definition) is 4. The van der Waals surface area contributed by atoms with Crippen LogP contribution in [0.15, 0.2) is 36.9 Å². The quantitative estimate of drug-likeness (QED) is 0.835. The summed E-state index contributed by atoms with van der Waals surface area (Å²) in [6.07, 6.45) is 5.66. The molecule has 7 nitrogen and oxygen atoms in total. The third kappa shape index (κ3) is 4.65. The molecule has 0 atom stereocenters. The lowest BCUT2D eigenvalue weighted by Crippen LogP contribution is -2.34. The van der Waals surface area contributed by atoms with Crippen LogP contribution < -0.4 is 5.32 Å². The zero-order valence-corrected chi connectivity index (χ0v) is 14.0. The molecule has 25 heavy (non-hydrogen) atoms. The Morgan fingerprint density at radius 3 is 2.32 bits per heavy atom. The van der Waals surface area contributed by atoms with Gasteiger partial charge in [0.05, 0.1) is 12.5 Å². The van der Waals surface area contributed by atoms with Crippen molar-refractivity contribution in [3.8, 4) is 0 Å². The van der Waals surface area contributed by atoms with Crippen molar-refractivity contribution in [2.75, 3.05) is 0 Å². The molecule has 0 bridgehead atoms. The molecule has 2 N–H and O–H groups in total. The average molecular weight is 342 g/mol. The molecule has 132 valence electrons. The summed E-state index contributed by atoms with van der Waals surface area (Å²) in [5, 5.41) is 16.0. The average Bonchev–Trinajstić information content (AvgIpc) is 3.14. The van der Waals surface area contributed by atoms with Gasteiger partial charge in [-0.2, -0.15) is 5.10 Å². The zero-order valence-electron chi connectivity index (χ0n) is 14.0. The Labute approximate surface area is 146 Å². The summed E-state index contributed by atoms with van der Waals surface area (Å²) in [5.74, 6) is -1.08. The van der Waals surface area contributed by atoms with Gasteiger partial charge in [0, 0.05) is 12.5 Å². The summed E-state index contributed by atoms with van der Waals surface area (Å²) in [5.41, 5.74) is 2.16. The van der Waals surface area contributed by atoms with Crippen LogP contribution in [0.4, 0.5) is 0 Å². The molecular formula is C18H22N4O3. The summed E-state index contributed by atoms with van der Waals surface area (Å²) >= 11 is 0. The molecule has 0 saturated heterocycles. The molecule has 3 rings (SSSR count). The number of benzene rings is 1. The van der Waals surface area contributed by atoms with E-state index >= 15 is 0 Å². The normalized spacial score (nSPS) is 20.2. The van der Waals surface area contributed by atoms with Crippen LogP contribution in [0.3, 0.4) is 0 Å². The van der Waals surface area contributed by atoms with E-state index in [0.717, 1.165) is 11.1 Å². The first-order valence-electron chi connectivity index (χ1n) is 8.52. The van der Waals surface area contributed by atoms with Gasteiger partial charge in [-0.3, -0.25) is 9.59 Å². The fourth-order valence-corrected chi connectivity index (χ4v) is 3.20. The fourth-order valence-electron chi connectivity index (χ4n) is 3.20. The van der Waals surface area contributed by atoms with Crippen LogP contribution in [0.5, 0.6) is 0 Å². The highest BCUT2D eigenvalue weighted by Gasteiger charge is 2.29. The lowest BCUT2D eigenvalue weighted by atomic mass is 9.81. The van der Waals surface area contributed by atoms with Crippen LogP contribution in [-0.2, 0) is 22.7 Å². The number of carbonyl (C=O) groups is 2. The Balaban J connectivity index is 1.45. The van der Waals surface area contributed by atoms with Crippen molar-refractivity contribution in [1.82, 2.24) is 20.1 Å². The van der Waals surface area contributed by atoms with Gasteiger partial charge >= 0.3 is 5.97 Å². The van der Waals surface area contributed by atoms with Gasteiger partial charge in [-0.1, -0.05) is 24.3 Å². The SMILES string of the molecule is O=C(O)C1CCC(C(=O)NCc2ccc(Cn3cncn3)cc2)CC1. The van der Waals surface area contributed by atoms with Crippen molar-refractivity contribution in [3.05, 3.63) is 48.0 Å². The van der Waals surface area contributed by atoms with Crippen molar-refractivity contribution < 1.29 is 14.7 Å². The van der Waals surface area contributed by atoms with E-state index in [1.165, 1.54) is 6.33 Å². The van der Waals surface area contributed by atoms with E-state index in [0.29, 0.717) is 38.8 Å². The van der Waals surface area contributed by atoms with Crippen molar-refractivity contribution in [2.45, 2.75) is 38.8 Å². The second-order valence-electron chi connectivity index (χ2n) is 6.51. The maximum atomic E-state index is 12.2. The predicted octanol–water partition coefficient (Wildman–Crippen LogP) is 1.83. The summed E-state index contributed by atoms with van der Waals surface area (Å²) < 4.78 is 1.75. The molecule has 0 spiro atoms. The van der Waals surface area contributed by atoms with Crippen LogP contribution >= 0.6 is 0 Å². The van der Waals surface area contributed by atoms with E-state index in [-0.39, 0.29) is 17.7 Å².